The van der Waals surface area contributed by atoms with Gasteiger partial charge in [-0.2, -0.15) is 0 Å². The second-order valence-corrected chi connectivity index (χ2v) is 6.42. The van der Waals surface area contributed by atoms with Gasteiger partial charge in [-0.25, -0.2) is 4.79 Å². The maximum absolute atomic E-state index is 12.4. The highest BCUT2D eigenvalue weighted by atomic mass is 16.5. The largest absolute Gasteiger partial charge is 0.484 e. The van der Waals surface area contributed by atoms with Crippen LogP contribution < -0.4 is 4.74 Å². The van der Waals surface area contributed by atoms with E-state index in [9.17, 15) is 14.7 Å². The van der Waals surface area contributed by atoms with Gasteiger partial charge >= 0.3 is 5.97 Å². The summed E-state index contributed by atoms with van der Waals surface area (Å²) in [7, 11) is 1.53. The molecule has 2 aliphatic rings. The van der Waals surface area contributed by atoms with E-state index >= 15 is 0 Å². The van der Waals surface area contributed by atoms with Crippen LogP contribution in [0.4, 0.5) is 0 Å². The molecule has 1 aromatic rings. The summed E-state index contributed by atoms with van der Waals surface area (Å²) in [6.07, 6.45) is 4.62. The molecule has 1 amide bonds. The van der Waals surface area contributed by atoms with Gasteiger partial charge in [0.15, 0.2) is 6.61 Å². The molecule has 0 aromatic heterocycles. The summed E-state index contributed by atoms with van der Waals surface area (Å²) < 4.78 is 10.8. The molecule has 0 bridgehead atoms. The predicted octanol–water partition coefficient (Wildman–Crippen LogP) is 1.64. The van der Waals surface area contributed by atoms with Gasteiger partial charge in [-0.05, 0) is 48.9 Å². The molecule has 0 spiro atoms. The topological polar surface area (TPSA) is 76.1 Å². The summed E-state index contributed by atoms with van der Waals surface area (Å²) in [6.45, 7) is 0.138. The van der Waals surface area contributed by atoms with Crippen LogP contribution in [0.15, 0.2) is 18.2 Å². The summed E-state index contributed by atoms with van der Waals surface area (Å²) in [5, 5.41) is 9.27. The maximum atomic E-state index is 12.4. The molecule has 1 saturated heterocycles. The van der Waals surface area contributed by atoms with Crippen LogP contribution in [0.25, 0.3) is 0 Å². The monoisotopic (exact) mass is 333 g/mol. The van der Waals surface area contributed by atoms with Crippen molar-refractivity contribution >= 4 is 11.9 Å². The van der Waals surface area contributed by atoms with E-state index in [4.69, 9.17) is 9.47 Å². The first kappa shape index (κ1) is 16.8. The summed E-state index contributed by atoms with van der Waals surface area (Å²) >= 11 is 0. The summed E-state index contributed by atoms with van der Waals surface area (Å²) in [5.41, 5.74) is 2.64. The zero-order chi connectivity index (χ0) is 17.1. The fourth-order valence-electron chi connectivity index (χ4n) is 3.51. The van der Waals surface area contributed by atoms with Gasteiger partial charge in [-0.15, -0.1) is 0 Å². The number of methoxy groups -OCH3 is 1. The fourth-order valence-corrected chi connectivity index (χ4v) is 3.51. The van der Waals surface area contributed by atoms with Crippen molar-refractivity contribution in [2.24, 2.45) is 0 Å². The first-order valence-corrected chi connectivity index (χ1v) is 8.38. The number of aliphatic carboxylic acids is 1. The molecule has 0 radical (unpaired) electrons. The lowest BCUT2D eigenvalue weighted by Gasteiger charge is -2.22. The number of fused-ring (bicyclic) bond motifs is 1. The number of carboxylic acid groups (broad SMARTS) is 1. The zero-order valence-electron chi connectivity index (χ0n) is 13.9. The number of amides is 1. The minimum Gasteiger partial charge on any atom is -0.484 e. The van der Waals surface area contributed by atoms with E-state index in [0.717, 1.165) is 12.8 Å². The number of hydrogen-bond acceptors (Lipinski definition) is 4. The van der Waals surface area contributed by atoms with Crippen LogP contribution in [0.1, 0.15) is 30.4 Å². The molecule has 3 rings (SSSR count). The van der Waals surface area contributed by atoms with Crippen LogP contribution >= 0.6 is 0 Å². The molecule has 2 atom stereocenters. The molecule has 130 valence electrons. The Kier molecular flexibility index (Phi) is 5.04. The third-order valence-corrected chi connectivity index (χ3v) is 4.88. The molecule has 1 heterocycles. The number of carbonyl (C=O) groups excluding carboxylic acids is 1. The van der Waals surface area contributed by atoms with Crippen LogP contribution in [-0.4, -0.2) is 54.3 Å². The van der Waals surface area contributed by atoms with E-state index in [1.54, 1.807) is 0 Å². The number of likely N-dealkylation sites (tertiary alicyclic amines) is 1. The average molecular weight is 333 g/mol. The normalized spacial score (nSPS) is 23.0. The van der Waals surface area contributed by atoms with Crippen molar-refractivity contribution < 1.29 is 24.2 Å². The number of benzene rings is 1. The van der Waals surface area contributed by atoms with Gasteiger partial charge in [0.05, 0.1) is 6.10 Å². The standard InChI is InChI=1S/C18H23NO5/c1-23-15-9-16(18(21)22)19(10-15)17(20)11-24-14-7-6-12-4-2-3-5-13(12)8-14/h6-8,15-16H,2-5,9-11H2,1H3,(H,21,22). The zero-order valence-corrected chi connectivity index (χ0v) is 13.9. The third kappa shape index (κ3) is 3.53. The van der Waals surface area contributed by atoms with Crippen molar-refractivity contribution in [1.82, 2.24) is 4.90 Å². The average Bonchev–Trinajstić information content (AvgIpc) is 3.04. The van der Waals surface area contributed by atoms with E-state index < -0.39 is 12.0 Å². The first-order valence-electron chi connectivity index (χ1n) is 8.38. The Morgan fingerprint density at radius 3 is 2.71 bits per heavy atom. The Morgan fingerprint density at radius 2 is 2.00 bits per heavy atom. The first-order chi connectivity index (χ1) is 11.6. The number of nitrogens with zero attached hydrogens (tertiary/aromatic N) is 1. The Balaban J connectivity index is 1.61. The Labute approximate surface area is 141 Å². The second kappa shape index (κ2) is 7.21. The molecule has 0 saturated carbocycles. The lowest BCUT2D eigenvalue weighted by Crippen LogP contribution is -2.43. The van der Waals surface area contributed by atoms with Crippen LogP contribution in [-0.2, 0) is 27.2 Å². The number of ether oxygens (including phenoxy) is 2. The quantitative estimate of drug-likeness (QED) is 0.886. The minimum atomic E-state index is -1.00. The second-order valence-electron chi connectivity index (χ2n) is 6.42. The van der Waals surface area contributed by atoms with Crippen LogP contribution in [0, 0.1) is 0 Å². The molecule has 1 aliphatic heterocycles. The Morgan fingerprint density at radius 1 is 1.25 bits per heavy atom. The van der Waals surface area contributed by atoms with Crippen molar-refractivity contribution in [2.75, 3.05) is 20.3 Å². The van der Waals surface area contributed by atoms with Crippen molar-refractivity contribution in [3.63, 3.8) is 0 Å². The molecular formula is C18H23NO5. The summed E-state index contributed by atoms with van der Waals surface area (Å²) in [4.78, 5) is 25.0. The number of aryl methyl sites for hydroxylation is 2. The lowest BCUT2D eigenvalue weighted by atomic mass is 9.92. The van der Waals surface area contributed by atoms with Crippen LogP contribution in [0.5, 0.6) is 5.75 Å². The number of carbonyl (C=O) groups is 2. The molecule has 1 aliphatic carbocycles. The van der Waals surface area contributed by atoms with E-state index in [-0.39, 0.29) is 18.6 Å². The van der Waals surface area contributed by atoms with E-state index in [0.29, 0.717) is 18.7 Å². The smallest absolute Gasteiger partial charge is 0.326 e. The minimum absolute atomic E-state index is 0.154. The number of hydrogen-bond donors (Lipinski definition) is 1. The van der Waals surface area contributed by atoms with Crippen molar-refractivity contribution in [2.45, 2.75) is 44.2 Å². The van der Waals surface area contributed by atoms with Gasteiger partial charge < -0.3 is 19.5 Å². The third-order valence-electron chi connectivity index (χ3n) is 4.88. The predicted molar refractivity (Wildman–Crippen MR) is 87.1 cm³/mol. The highest BCUT2D eigenvalue weighted by Gasteiger charge is 2.39. The molecular weight excluding hydrogens is 310 g/mol. The molecule has 1 N–H and O–H groups in total. The van der Waals surface area contributed by atoms with Gasteiger partial charge in [0, 0.05) is 20.1 Å². The molecule has 1 fully saturated rings. The number of carboxylic acids is 1. The van der Waals surface area contributed by atoms with Gasteiger partial charge in [0.25, 0.3) is 5.91 Å². The summed E-state index contributed by atoms with van der Waals surface area (Å²) in [5.74, 6) is -0.658. The van der Waals surface area contributed by atoms with Crippen molar-refractivity contribution in [3.05, 3.63) is 29.3 Å². The molecule has 2 unspecified atom stereocenters. The van der Waals surface area contributed by atoms with Gasteiger partial charge in [-0.3, -0.25) is 4.79 Å². The van der Waals surface area contributed by atoms with Crippen LogP contribution in [0.2, 0.25) is 0 Å². The molecule has 6 heteroatoms. The summed E-state index contributed by atoms with van der Waals surface area (Å²) in [6, 6.07) is 5.10. The van der Waals surface area contributed by atoms with Gasteiger partial charge in [0.1, 0.15) is 11.8 Å². The molecule has 6 nitrogen and oxygen atoms in total. The van der Waals surface area contributed by atoms with E-state index in [1.165, 1.54) is 36.0 Å². The Bertz CT molecular complexity index is 630. The highest BCUT2D eigenvalue weighted by molar-refractivity contribution is 5.85. The van der Waals surface area contributed by atoms with Gasteiger partial charge in [0.2, 0.25) is 0 Å². The molecule has 1 aromatic carbocycles. The highest BCUT2D eigenvalue weighted by Crippen LogP contribution is 2.26. The van der Waals surface area contributed by atoms with Crippen LogP contribution in [0.3, 0.4) is 0 Å². The fraction of sp³-hybridized carbons (Fsp3) is 0.556. The van der Waals surface area contributed by atoms with Crippen molar-refractivity contribution in [3.8, 4) is 5.75 Å². The SMILES string of the molecule is COC1CC(C(=O)O)N(C(=O)COc2ccc3c(c2)CCCC3)C1. The number of rotatable bonds is 5. The lowest BCUT2D eigenvalue weighted by molar-refractivity contribution is -0.148. The van der Waals surface area contributed by atoms with Gasteiger partial charge in [-0.1, -0.05) is 6.07 Å². The molecule has 24 heavy (non-hydrogen) atoms. The Hall–Kier alpha value is -2.08. The maximum Gasteiger partial charge on any atom is 0.326 e. The van der Waals surface area contributed by atoms with Crippen molar-refractivity contribution in [1.29, 1.82) is 0 Å². The van der Waals surface area contributed by atoms with E-state index in [1.807, 2.05) is 12.1 Å². The van der Waals surface area contributed by atoms with E-state index in [2.05, 4.69) is 6.07 Å².